The number of halogens is 2. The fraction of sp³-hybridized carbons (Fsp3) is 0.188. The zero-order valence-corrected chi connectivity index (χ0v) is 12.8. The first-order valence-corrected chi connectivity index (χ1v) is 7.39. The molecule has 0 saturated carbocycles. The molecule has 0 bridgehead atoms. The number of benzene rings is 1. The third kappa shape index (κ3) is 3.32. The van der Waals surface area contributed by atoms with Crippen molar-refractivity contribution < 1.29 is 14.0 Å². The highest BCUT2D eigenvalue weighted by molar-refractivity contribution is 6.33. The van der Waals surface area contributed by atoms with E-state index in [2.05, 4.69) is 10.3 Å². The molecule has 0 aliphatic carbocycles. The Morgan fingerprint density at radius 2 is 2.13 bits per heavy atom. The number of carbonyl (C=O) groups excluding carboxylic acids is 2. The molecule has 3 rings (SSSR count). The highest BCUT2D eigenvalue weighted by Crippen LogP contribution is 2.29. The van der Waals surface area contributed by atoms with Crippen molar-refractivity contribution in [2.75, 3.05) is 11.4 Å². The van der Waals surface area contributed by atoms with E-state index in [4.69, 9.17) is 11.6 Å². The Labute approximate surface area is 137 Å². The van der Waals surface area contributed by atoms with Crippen molar-refractivity contribution in [3.05, 3.63) is 59.1 Å². The number of para-hydroxylation sites is 1. The van der Waals surface area contributed by atoms with E-state index >= 15 is 0 Å². The van der Waals surface area contributed by atoms with E-state index in [1.807, 2.05) is 0 Å². The maximum Gasteiger partial charge on any atom is 0.251 e. The number of carbonyl (C=O) groups is 2. The van der Waals surface area contributed by atoms with Crippen LogP contribution in [0.3, 0.4) is 0 Å². The molecule has 1 aromatic heterocycles. The molecule has 7 heteroatoms. The molecule has 0 unspecified atom stereocenters. The minimum absolute atomic E-state index is 0.121. The lowest BCUT2D eigenvalue weighted by Gasteiger charge is -2.18. The summed E-state index contributed by atoms with van der Waals surface area (Å²) in [7, 11) is 0. The van der Waals surface area contributed by atoms with E-state index < -0.39 is 11.9 Å². The Kier molecular flexibility index (Phi) is 4.25. The van der Waals surface area contributed by atoms with Gasteiger partial charge in [0.1, 0.15) is 0 Å². The number of nitrogens with zero attached hydrogens (tertiary/aromatic N) is 2. The van der Waals surface area contributed by atoms with Crippen molar-refractivity contribution in [3.8, 4) is 0 Å². The van der Waals surface area contributed by atoms with Gasteiger partial charge < -0.3 is 10.2 Å². The first-order valence-electron chi connectivity index (χ1n) is 7.02. The summed E-state index contributed by atoms with van der Waals surface area (Å²) in [5.74, 6) is -1.28. The summed E-state index contributed by atoms with van der Waals surface area (Å²) in [5, 5.41) is 3.21. The van der Waals surface area contributed by atoms with Gasteiger partial charge in [0.05, 0.1) is 16.8 Å². The van der Waals surface area contributed by atoms with Gasteiger partial charge in [-0.2, -0.15) is 4.39 Å². The number of nitrogens with one attached hydrogen (secondary N) is 1. The van der Waals surface area contributed by atoms with Crippen molar-refractivity contribution in [2.24, 2.45) is 0 Å². The maximum absolute atomic E-state index is 13.1. The third-order valence-corrected chi connectivity index (χ3v) is 3.91. The molecule has 1 saturated heterocycles. The van der Waals surface area contributed by atoms with E-state index in [0.717, 1.165) is 6.07 Å². The average Bonchev–Trinajstić information content (AvgIpc) is 2.88. The summed E-state index contributed by atoms with van der Waals surface area (Å²) in [6.45, 7) is 0.321. The van der Waals surface area contributed by atoms with Crippen LogP contribution in [0.1, 0.15) is 16.8 Å². The summed E-state index contributed by atoms with van der Waals surface area (Å²) in [6, 6.07) is 9.14. The normalized spacial score (nSPS) is 17.4. The summed E-state index contributed by atoms with van der Waals surface area (Å²) in [6.07, 6.45) is 1.39. The highest BCUT2D eigenvalue weighted by Gasteiger charge is 2.32. The second kappa shape index (κ2) is 6.34. The molecular formula is C16H13ClFN3O2. The second-order valence-corrected chi connectivity index (χ2v) is 5.60. The van der Waals surface area contributed by atoms with Gasteiger partial charge >= 0.3 is 0 Å². The monoisotopic (exact) mass is 333 g/mol. The first-order chi connectivity index (χ1) is 11.0. The van der Waals surface area contributed by atoms with E-state index in [-0.39, 0.29) is 23.9 Å². The fourth-order valence-electron chi connectivity index (χ4n) is 2.52. The minimum atomic E-state index is -0.724. The van der Waals surface area contributed by atoms with Gasteiger partial charge in [-0.15, -0.1) is 0 Å². The standard InChI is InChI=1S/C16H13ClFN3O2/c17-12-3-1-2-4-13(12)21-9-11(8-15(21)22)20-16(23)10-5-6-19-14(18)7-10/h1-7,11H,8-9H2,(H,20,23)/t11-/m0/s1. The van der Waals surface area contributed by atoms with Crippen molar-refractivity contribution in [2.45, 2.75) is 12.5 Å². The van der Waals surface area contributed by atoms with Crippen LogP contribution in [0.5, 0.6) is 0 Å². The Morgan fingerprint density at radius 3 is 2.87 bits per heavy atom. The summed E-state index contributed by atoms with van der Waals surface area (Å²) >= 11 is 6.11. The predicted octanol–water partition coefficient (Wildman–Crippen LogP) is 2.41. The van der Waals surface area contributed by atoms with Gasteiger partial charge in [0, 0.05) is 30.8 Å². The smallest absolute Gasteiger partial charge is 0.251 e. The number of pyridine rings is 1. The van der Waals surface area contributed by atoms with Crippen LogP contribution >= 0.6 is 11.6 Å². The zero-order chi connectivity index (χ0) is 16.4. The number of hydrogen-bond donors (Lipinski definition) is 1. The van der Waals surface area contributed by atoms with Gasteiger partial charge in [0.15, 0.2) is 0 Å². The molecule has 1 N–H and O–H groups in total. The largest absolute Gasteiger partial charge is 0.347 e. The molecule has 1 atom stereocenters. The Balaban J connectivity index is 1.71. The Bertz CT molecular complexity index is 768. The molecule has 2 amide bonds. The molecule has 118 valence electrons. The molecule has 23 heavy (non-hydrogen) atoms. The number of amides is 2. The van der Waals surface area contributed by atoms with Crippen LogP contribution in [-0.2, 0) is 4.79 Å². The van der Waals surface area contributed by atoms with E-state index in [1.165, 1.54) is 12.3 Å². The summed E-state index contributed by atoms with van der Waals surface area (Å²) in [5.41, 5.74) is 0.784. The zero-order valence-electron chi connectivity index (χ0n) is 12.0. The number of anilines is 1. The molecule has 1 aliphatic heterocycles. The fourth-order valence-corrected chi connectivity index (χ4v) is 2.76. The van der Waals surface area contributed by atoms with Crippen LogP contribution in [0, 0.1) is 5.95 Å². The van der Waals surface area contributed by atoms with Crippen molar-refractivity contribution in [1.82, 2.24) is 10.3 Å². The SMILES string of the molecule is O=C(N[C@H]1CC(=O)N(c2ccccc2Cl)C1)c1ccnc(F)c1. The van der Waals surface area contributed by atoms with E-state index in [1.54, 1.807) is 29.2 Å². The Morgan fingerprint density at radius 1 is 1.35 bits per heavy atom. The second-order valence-electron chi connectivity index (χ2n) is 5.20. The van der Waals surface area contributed by atoms with Crippen LogP contribution in [-0.4, -0.2) is 29.4 Å². The average molecular weight is 334 g/mol. The number of hydrogen-bond acceptors (Lipinski definition) is 3. The van der Waals surface area contributed by atoms with Gasteiger partial charge in [-0.05, 0) is 18.2 Å². The van der Waals surface area contributed by atoms with Gasteiger partial charge in [-0.3, -0.25) is 9.59 Å². The predicted molar refractivity (Wildman–Crippen MR) is 83.9 cm³/mol. The topological polar surface area (TPSA) is 62.3 Å². The molecular weight excluding hydrogens is 321 g/mol. The number of aromatic nitrogens is 1. The molecule has 2 heterocycles. The first kappa shape index (κ1) is 15.4. The van der Waals surface area contributed by atoms with Crippen LogP contribution in [0.4, 0.5) is 10.1 Å². The molecule has 0 spiro atoms. The molecule has 2 aromatic rings. The van der Waals surface area contributed by atoms with Crippen molar-refractivity contribution in [3.63, 3.8) is 0 Å². The quantitative estimate of drug-likeness (QED) is 0.877. The Hall–Kier alpha value is -2.47. The lowest BCUT2D eigenvalue weighted by Crippen LogP contribution is -2.37. The summed E-state index contributed by atoms with van der Waals surface area (Å²) < 4.78 is 13.1. The lowest BCUT2D eigenvalue weighted by molar-refractivity contribution is -0.117. The molecule has 1 fully saturated rings. The molecule has 1 aliphatic rings. The minimum Gasteiger partial charge on any atom is -0.347 e. The third-order valence-electron chi connectivity index (χ3n) is 3.59. The van der Waals surface area contributed by atoms with Gasteiger partial charge in [0.25, 0.3) is 5.91 Å². The summed E-state index contributed by atoms with van der Waals surface area (Å²) in [4.78, 5) is 29.2. The highest BCUT2D eigenvalue weighted by atomic mass is 35.5. The number of rotatable bonds is 3. The maximum atomic E-state index is 13.1. The molecule has 1 aromatic carbocycles. The van der Waals surface area contributed by atoms with Crippen molar-refractivity contribution in [1.29, 1.82) is 0 Å². The van der Waals surface area contributed by atoms with Crippen LogP contribution in [0.15, 0.2) is 42.6 Å². The molecule has 5 nitrogen and oxygen atoms in total. The van der Waals surface area contributed by atoms with Crippen LogP contribution in [0.25, 0.3) is 0 Å². The van der Waals surface area contributed by atoms with E-state index in [9.17, 15) is 14.0 Å². The van der Waals surface area contributed by atoms with E-state index in [0.29, 0.717) is 17.3 Å². The van der Waals surface area contributed by atoms with Crippen molar-refractivity contribution >= 4 is 29.1 Å². The van der Waals surface area contributed by atoms with Crippen LogP contribution < -0.4 is 10.2 Å². The van der Waals surface area contributed by atoms with Gasteiger partial charge in [0.2, 0.25) is 11.9 Å². The van der Waals surface area contributed by atoms with Gasteiger partial charge in [-0.1, -0.05) is 23.7 Å². The van der Waals surface area contributed by atoms with Crippen LogP contribution in [0.2, 0.25) is 5.02 Å². The lowest BCUT2D eigenvalue weighted by atomic mass is 10.2. The van der Waals surface area contributed by atoms with Gasteiger partial charge in [-0.25, -0.2) is 4.98 Å². The molecule has 0 radical (unpaired) electrons.